The number of aryl methyl sites for hydroxylation is 1. The summed E-state index contributed by atoms with van der Waals surface area (Å²) in [5.41, 5.74) is 2.58. The van der Waals surface area contributed by atoms with Crippen LogP contribution in [0.4, 0.5) is 8.78 Å². The predicted molar refractivity (Wildman–Crippen MR) is 104 cm³/mol. The number of hydrogen-bond donors (Lipinski definition) is 2. The zero-order valence-electron chi connectivity index (χ0n) is 16.4. The summed E-state index contributed by atoms with van der Waals surface area (Å²) in [6.07, 6.45) is 0. The highest BCUT2D eigenvalue weighted by Crippen LogP contribution is 2.38. The molecule has 2 aromatic rings. The number of halogens is 2. The summed E-state index contributed by atoms with van der Waals surface area (Å²) in [5, 5.41) is 6.28. The number of nitrogens with one attached hydrogen (secondary N) is 2. The Morgan fingerprint density at radius 3 is 2.48 bits per heavy atom. The average molecular weight is 407 g/mol. The number of nitrogens with zero attached hydrogens (tertiary/aromatic N) is 1. The van der Waals surface area contributed by atoms with E-state index in [4.69, 9.17) is 14.2 Å². The van der Waals surface area contributed by atoms with Crippen LogP contribution in [-0.4, -0.2) is 33.5 Å². The van der Waals surface area contributed by atoms with Crippen LogP contribution < -0.4 is 29.6 Å². The van der Waals surface area contributed by atoms with Crippen molar-refractivity contribution < 1.29 is 27.7 Å². The molecule has 0 saturated carbocycles. The lowest BCUT2D eigenvalue weighted by Gasteiger charge is -2.15. The minimum atomic E-state index is -2.94. The Bertz CT molecular complexity index is 890. The molecule has 1 heterocycles. The van der Waals surface area contributed by atoms with Gasteiger partial charge in [0.2, 0.25) is 6.79 Å². The third-order valence-corrected chi connectivity index (χ3v) is 4.36. The van der Waals surface area contributed by atoms with Crippen molar-refractivity contribution in [1.82, 2.24) is 10.6 Å². The van der Waals surface area contributed by atoms with Crippen molar-refractivity contribution in [2.75, 3.05) is 21.0 Å². The molecule has 1 aliphatic rings. The van der Waals surface area contributed by atoms with Crippen molar-refractivity contribution in [3.63, 3.8) is 0 Å². The SMILES string of the molecule is CN=C(NCc1ccc(OC)c(C)c1)NCc1cc2c(cc1OC(F)F)OCO2. The quantitative estimate of drug-likeness (QED) is 0.543. The number of benzene rings is 2. The molecule has 0 amide bonds. The number of fused-ring (bicyclic) bond motifs is 1. The van der Waals surface area contributed by atoms with Crippen LogP contribution in [0, 0.1) is 6.92 Å². The molecule has 0 atom stereocenters. The highest BCUT2D eigenvalue weighted by molar-refractivity contribution is 5.79. The zero-order chi connectivity index (χ0) is 20.8. The van der Waals surface area contributed by atoms with Crippen LogP contribution in [0.1, 0.15) is 16.7 Å². The van der Waals surface area contributed by atoms with Crippen molar-refractivity contribution in [3.05, 3.63) is 47.0 Å². The van der Waals surface area contributed by atoms with E-state index in [2.05, 4.69) is 20.4 Å². The first kappa shape index (κ1) is 20.5. The van der Waals surface area contributed by atoms with Crippen LogP contribution in [-0.2, 0) is 13.1 Å². The fourth-order valence-corrected chi connectivity index (χ4v) is 2.95. The zero-order valence-corrected chi connectivity index (χ0v) is 16.4. The molecule has 3 rings (SSSR count). The van der Waals surface area contributed by atoms with E-state index in [0.29, 0.717) is 29.6 Å². The fourth-order valence-electron chi connectivity index (χ4n) is 2.95. The molecule has 0 spiro atoms. The molecule has 2 aromatic carbocycles. The molecular weight excluding hydrogens is 384 g/mol. The minimum absolute atomic E-state index is 0.0259. The maximum Gasteiger partial charge on any atom is 0.387 e. The molecule has 0 unspecified atom stereocenters. The van der Waals surface area contributed by atoms with Crippen LogP contribution in [0.15, 0.2) is 35.3 Å². The molecule has 29 heavy (non-hydrogen) atoms. The van der Waals surface area contributed by atoms with Gasteiger partial charge in [-0.25, -0.2) is 0 Å². The standard InChI is InChI=1S/C20H23F2N3O4/c1-12-6-13(4-5-15(12)26-3)9-24-20(23-2)25-10-14-7-17-18(28-11-27-17)8-16(14)29-19(21)22/h4-8,19H,9-11H2,1-3H3,(H2,23,24,25). The number of methoxy groups -OCH3 is 1. The highest BCUT2D eigenvalue weighted by Gasteiger charge is 2.20. The Hall–Kier alpha value is -3.23. The Morgan fingerprint density at radius 1 is 1.10 bits per heavy atom. The smallest absolute Gasteiger partial charge is 0.387 e. The monoisotopic (exact) mass is 407 g/mol. The van der Waals surface area contributed by atoms with E-state index < -0.39 is 6.61 Å². The molecule has 0 fully saturated rings. The van der Waals surface area contributed by atoms with E-state index in [1.165, 1.54) is 6.07 Å². The topological polar surface area (TPSA) is 73.3 Å². The lowest BCUT2D eigenvalue weighted by atomic mass is 10.1. The Morgan fingerprint density at radius 2 is 1.83 bits per heavy atom. The lowest BCUT2D eigenvalue weighted by molar-refractivity contribution is -0.0505. The summed E-state index contributed by atoms with van der Waals surface area (Å²) in [7, 11) is 3.26. The Labute approximate surface area is 167 Å². The summed E-state index contributed by atoms with van der Waals surface area (Å²) in [4.78, 5) is 4.16. The van der Waals surface area contributed by atoms with Gasteiger partial charge < -0.3 is 29.6 Å². The molecule has 156 valence electrons. The van der Waals surface area contributed by atoms with Gasteiger partial charge in [-0.1, -0.05) is 12.1 Å². The minimum Gasteiger partial charge on any atom is -0.496 e. The molecule has 9 heteroatoms. The van der Waals surface area contributed by atoms with Crippen molar-refractivity contribution in [2.45, 2.75) is 26.6 Å². The maximum absolute atomic E-state index is 12.8. The maximum atomic E-state index is 12.8. The van der Waals surface area contributed by atoms with Gasteiger partial charge in [0.05, 0.1) is 7.11 Å². The predicted octanol–water partition coefficient (Wildman–Crippen LogP) is 3.20. The van der Waals surface area contributed by atoms with E-state index in [-0.39, 0.29) is 19.1 Å². The molecule has 0 radical (unpaired) electrons. The van der Waals surface area contributed by atoms with Crippen LogP contribution >= 0.6 is 0 Å². The molecule has 2 N–H and O–H groups in total. The first-order valence-electron chi connectivity index (χ1n) is 8.95. The van der Waals surface area contributed by atoms with E-state index >= 15 is 0 Å². The second-order valence-electron chi connectivity index (χ2n) is 6.27. The summed E-state index contributed by atoms with van der Waals surface area (Å²) in [6, 6.07) is 8.90. The molecule has 0 aromatic heterocycles. The van der Waals surface area contributed by atoms with Gasteiger partial charge in [-0.15, -0.1) is 0 Å². The number of rotatable bonds is 7. The van der Waals surface area contributed by atoms with Gasteiger partial charge in [0.15, 0.2) is 17.5 Å². The number of aliphatic imine (C=N–C) groups is 1. The van der Waals surface area contributed by atoms with Crippen molar-refractivity contribution in [3.8, 4) is 23.0 Å². The largest absolute Gasteiger partial charge is 0.496 e. The van der Waals surface area contributed by atoms with Gasteiger partial charge in [-0.05, 0) is 30.2 Å². The number of guanidine groups is 1. The molecule has 0 aliphatic carbocycles. The van der Waals surface area contributed by atoms with Gasteiger partial charge in [0, 0.05) is 31.8 Å². The van der Waals surface area contributed by atoms with Crippen molar-refractivity contribution in [1.29, 1.82) is 0 Å². The molecule has 1 aliphatic heterocycles. The summed E-state index contributed by atoms with van der Waals surface area (Å²) < 4.78 is 45.9. The Kier molecular flexibility index (Phi) is 6.58. The van der Waals surface area contributed by atoms with Gasteiger partial charge in [0.25, 0.3) is 0 Å². The summed E-state index contributed by atoms with van der Waals surface area (Å²) >= 11 is 0. The van der Waals surface area contributed by atoms with E-state index in [1.54, 1.807) is 20.2 Å². The fraction of sp³-hybridized carbons (Fsp3) is 0.350. The number of ether oxygens (including phenoxy) is 4. The van der Waals surface area contributed by atoms with Gasteiger partial charge >= 0.3 is 6.61 Å². The first-order valence-corrected chi connectivity index (χ1v) is 8.95. The van der Waals surface area contributed by atoms with Gasteiger partial charge in [-0.3, -0.25) is 4.99 Å². The third kappa shape index (κ3) is 5.18. The third-order valence-electron chi connectivity index (χ3n) is 4.36. The molecule has 7 nitrogen and oxygen atoms in total. The molecule has 0 bridgehead atoms. The second kappa shape index (κ2) is 9.31. The number of alkyl halides is 2. The van der Waals surface area contributed by atoms with Crippen LogP contribution in [0.5, 0.6) is 23.0 Å². The van der Waals surface area contributed by atoms with Crippen LogP contribution in [0.25, 0.3) is 0 Å². The first-order chi connectivity index (χ1) is 14.0. The Balaban J connectivity index is 1.64. The lowest BCUT2D eigenvalue weighted by Crippen LogP contribution is -2.36. The highest BCUT2D eigenvalue weighted by atomic mass is 19.3. The van der Waals surface area contributed by atoms with Gasteiger partial charge in [-0.2, -0.15) is 8.78 Å². The van der Waals surface area contributed by atoms with Gasteiger partial charge in [0.1, 0.15) is 11.5 Å². The number of hydrogen-bond acceptors (Lipinski definition) is 5. The summed E-state index contributed by atoms with van der Waals surface area (Å²) in [5.74, 6) is 2.23. The molecular formula is C20H23F2N3O4. The van der Waals surface area contributed by atoms with E-state index in [1.807, 2.05) is 25.1 Å². The van der Waals surface area contributed by atoms with Crippen LogP contribution in [0.2, 0.25) is 0 Å². The van der Waals surface area contributed by atoms with Crippen molar-refractivity contribution in [2.24, 2.45) is 4.99 Å². The van der Waals surface area contributed by atoms with E-state index in [9.17, 15) is 8.78 Å². The molecule has 0 saturated heterocycles. The second-order valence-corrected chi connectivity index (χ2v) is 6.27. The van der Waals surface area contributed by atoms with Crippen molar-refractivity contribution >= 4 is 5.96 Å². The normalized spacial score (nSPS) is 12.8. The summed E-state index contributed by atoms with van der Waals surface area (Å²) in [6.45, 7) is -0.180. The average Bonchev–Trinajstić information content (AvgIpc) is 3.15. The van der Waals surface area contributed by atoms with E-state index in [0.717, 1.165) is 16.9 Å². The van der Waals surface area contributed by atoms with Crippen LogP contribution in [0.3, 0.4) is 0 Å².